The van der Waals surface area contributed by atoms with Crippen molar-refractivity contribution in [2.24, 2.45) is 0 Å². The lowest BCUT2D eigenvalue weighted by Gasteiger charge is -2.33. The monoisotopic (exact) mass is 438 g/mol. The van der Waals surface area contributed by atoms with Crippen molar-refractivity contribution >= 4 is 17.2 Å². The largest absolute Gasteiger partial charge is 0.481 e. The van der Waals surface area contributed by atoms with E-state index in [4.69, 9.17) is 4.74 Å². The minimum Gasteiger partial charge on any atom is -0.481 e. The maximum Gasteiger partial charge on any atom is 0.263 e. The topological polar surface area (TPSA) is 88.2 Å². The standard InChI is InChI=1S/C23H26N4O3S/c1-14-10-15(2)12-18(11-14)30-16(3)23(29)27-7-4-17(5-8-27)21-25-19(13-20(28)26-21)22-24-6-9-31-22/h6,9-13,16-17H,4-5,7-8H2,1-3H3,(H,25,26,28)/t16-/m1/s1. The zero-order valence-electron chi connectivity index (χ0n) is 17.9. The molecule has 1 aliphatic heterocycles. The van der Waals surface area contributed by atoms with Gasteiger partial charge in [-0.15, -0.1) is 11.3 Å². The van der Waals surface area contributed by atoms with Crippen molar-refractivity contribution < 1.29 is 9.53 Å². The number of hydrogen-bond donors (Lipinski definition) is 1. The highest BCUT2D eigenvalue weighted by atomic mass is 32.1. The van der Waals surface area contributed by atoms with Crippen LogP contribution in [0.2, 0.25) is 0 Å². The molecule has 162 valence electrons. The highest BCUT2D eigenvalue weighted by molar-refractivity contribution is 7.13. The van der Waals surface area contributed by atoms with E-state index in [1.165, 1.54) is 17.4 Å². The van der Waals surface area contributed by atoms with Crippen LogP contribution in [0.5, 0.6) is 5.75 Å². The Morgan fingerprint density at radius 3 is 2.55 bits per heavy atom. The summed E-state index contributed by atoms with van der Waals surface area (Å²) in [5.74, 6) is 1.47. The Labute approximate surface area is 185 Å². The van der Waals surface area contributed by atoms with Crippen molar-refractivity contribution in [3.8, 4) is 16.5 Å². The minimum atomic E-state index is -0.552. The number of carbonyl (C=O) groups is 1. The molecule has 7 nitrogen and oxygen atoms in total. The van der Waals surface area contributed by atoms with Crippen molar-refractivity contribution in [3.05, 3.63) is 63.1 Å². The molecule has 1 N–H and O–H groups in total. The van der Waals surface area contributed by atoms with Gasteiger partial charge in [0, 0.05) is 36.7 Å². The molecule has 1 saturated heterocycles. The number of amides is 1. The smallest absolute Gasteiger partial charge is 0.263 e. The van der Waals surface area contributed by atoms with E-state index in [1.54, 1.807) is 13.1 Å². The molecular weight excluding hydrogens is 412 g/mol. The summed E-state index contributed by atoms with van der Waals surface area (Å²) in [4.78, 5) is 38.6. The highest BCUT2D eigenvalue weighted by Gasteiger charge is 2.29. The number of aromatic nitrogens is 3. The Hall–Kier alpha value is -3.00. The molecule has 31 heavy (non-hydrogen) atoms. The number of hydrogen-bond acceptors (Lipinski definition) is 6. The third-order valence-electron chi connectivity index (χ3n) is 5.46. The third-order valence-corrected chi connectivity index (χ3v) is 6.26. The maximum atomic E-state index is 12.9. The lowest BCUT2D eigenvalue weighted by molar-refractivity contribution is -0.139. The Bertz CT molecular complexity index is 1100. The number of thiazole rings is 1. The summed E-state index contributed by atoms with van der Waals surface area (Å²) in [7, 11) is 0. The lowest BCUT2D eigenvalue weighted by Crippen LogP contribution is -2.44. The van der Waals surface area contributed by atoms with Crippen LogP contribution in [0.25, 0.3) is 10.7 Å². The average Bonchev–Trinajstić information content (AvgIpc) is 3.27. The quantitative estimate of drug-likeness (QED) is 0.656. The van der Waals surface area contributed by atoms with Crippen LogP contribution in [-0.2, 0) is 4.79 Å². The molecule has 1 aliphatic rings. The third kappa shape index (κ3) is 5.02. The molecular formula is C23H26N4O3S. The predicted molar refractivity (Wildman–Crippen MR) is 121 cm³/mol. The number of piperidine rings is 1. The number of aryl methyl sites for hydroxylation is 2. The van der Waals surface area contributed by atoms with Crippen LogP contribution in [0.1, 0.15) is 42.6 Å². The van der Waals surface area contributed by atoms with E-state index in [1.807, 2.05) is 36.3 Å². The zero-order valence-corrected chi connectivity index (χ0v) is 18.7. The number of benzene rings is 1. The van der Waals surface area contributed by atoms with Crippen LogP contribution >= 0.6 is 11.3 Å². The number of rotatable bonds is 5. The molecule has 3 aromatic rings. The first kappa shape index (κ1) is 21.2. The molecule has 4 rings (SSSR count). The Morgan fingerprint density at radius 1 is 1.19 bits per heavy atom. The van der Waals surface area contributed by atoms with Crippen LogP contribution in [0.3, 0.4) is 0 Å². The fourth-order valence-electron chi connectivity index (χ4n) is 4.02. The van der Waals surface area contributed by atoms with E-state index in [0.29, 0.717) is 30.4 Å². The van der Waals surface area contributed by atoms with E-state index >= 15 is 0 Å². The fraction of sp³-hybridized carbons (Fsp3) is 0.391. The van der Waals surface area contributed by atoms with Crippen LogP contribution in [-0.4, -0.2) is 45.0 Å². The second kappa shape index (κ2) is 9.01. The number of H-pyrrole nitrogens is 1. The van der Waals surface area contributed by atoms with Gasteiger partial charge in [0.15, 0.2) is 6.10 Å². The van der Waals surface area contributed by atoms with Gasteiger partial charge in [-0.05, 0) is 56.9 Å². The summed E-state index contributed by atoms with van der Waals surface area (Å²) in [6.07, 6.45) is 2.64. The molecule has 1 amide bonds. The van der Waals surface area contributed by atoms with Crippen molar-refractivity contribution in [3.63, 3.8) is 0 Å². The van der Waals surface area contributed by atoms with Gasteiger partial charge in [-0.25, -0.2) is 9.97 Å². The Kier molecular flexibility index (Phi) is 6.18. The van der Waals surface area contributed by atoms with Crippen LogP contribution in [0, 0.1) is 13.8 Å². The second-order valence-corrected chi connectivity index (χ2v) is 8.93. The van der Waals surface area contributed by atoms with E-state index < -0.39 is 6.10 Å². The van der Waals surface area contributed by atoms with E-state index in [-0.39, 0.29) is 17.4 Å². The summed E-state index contributed by atoms with van der Waals surface area (Å²) < 4.78 is 5.92. The number of carbonyl (C=O) groups excluding carboxylic acids is 1. The van der Waals surface area contributed by atoms with E-state index in [9.17, 15) is 9.59 Å². The van der Waals surface area contributed by atoms with Crippen molar-refractivity contribution in [2.75, 3.05) is 13.1 Å². The molecule has 0 bridgehead atoms. The molecule has 3 heterocycles. The number of aromatic amines is 1. The van der Waals surface area contributed by atoms with Gasteiger partial charge in [0.2, 0.25) is 0 Å². The first-order chi connectivity index (χ1) is 14.9. The summed E-state index contributed by atoms with van der Waals surface area (Å²) >= 11 is 1.46. The number of nitrogens with one attached hydrogen (secondary N) is 1. The first-order valence-electron chi connectivity index (χ1n) is 10.4. The minimum absolute atomic E-state index is 0.0180. The molecule has 1 fully saturated rings. The highest BCUT2D eigenvalue weighted by Crippen LogP contribution is 2.28. The van der Waals surface area contributed by atoms with Gasteiger partial charge in [0.05, 0.1) is 0 Å². The Morgan fingerprint density at radius 2 is 1.90 bits per heavy atom. The van der Waals surface area contributed by atoms with Gasteiger partial charge < -0.3 is 14.6 Å². The zero-order chi connectivity index (χ0) is 22.0. The van der Waals surface area contributed by atoms with Gasteiger partial charge in [-0.2, -0.15) is 0 Å². The first-order valence-corrected chi connectivity index (χ1v) is 11.3. The molecule has 1 atom stereocenters. The fourth-order valence-corrected chi connectivity index (χ4v) is 4.61. The lowest BCUT2D eigenvalue weighted by atomic mass is 9.95. The molecule has 8 heteroatoms. The summed E-state index contributed by atoms with van der Waals surface area (Å²) in [6, 6.07) is 7.44. The number of likely N-dealkylation sites (tertiary alicyclic amines) is 1. The molecule has 0 radical (unpaired) electrons. The van der Waals surface area contributed by atoms with Gasteiger partial charge in [0.25, 0.3) is 11.5 Å². The van der Waals surface area contributed by atoms with Crippen LogP contribution < -0.4 is 10.3 Å². The summed E-state index contributed by atoms with van der Waals surface area (Å²) in [5, 5.41) is 2.60. The second-order valence-electron chi connectivity index (χ2n) is 8.04. The molecule has 2 aromatic heterocycles. The molecule has 1 aromatic carbocycles. The molecule has 0 unspecified atom stereocenters. The van der Waals surface area contributed by atoms with E-state index in [2.05, 4.69) is 21.0 Å². The Balaban J connectivity index is 1.39. The van der Waals surface area contributed by atoms with Gasteiger partial charge in [0.1, 0.15) is 22.3 Å². The average molecular weight is 439 g/mol. The molecule has 0 saturated carbocycles. The van der Waals surface area contributed by atoms with Crippen molar-refractivity contribution in [1.29, 1.82) is 0 Å². The van der Waals surface area contributed by atoms with Crippen LogP contribution in [0.15, 0.2) is 40.6 Å². The molecule has 0 spiro atoms. The van der Waals surface area contributed by atoms with E-state index in [0.717, 1.165) is 29.0 Å². The SMILES string of the molecule is Cc1cc(C)cc(O[C@H](C)C(=O)N2CCC(c3nc(-c4nccs4)cc(=O)[nH]3)CC2)c1. The number of ether oxygens (including phenoxy) is 1. The van der Waals surface area contributed by atoms with Gasteiger partial charge >= 0.3 is 0 Å². The summed E-state index contributed by atoms with van der Waals surface area (Å²) in [6.45, 7) is 7.03. The normalized spacial score (nSPS) is 15.6. The van der Waals surface area contributed by atoms with Crippen molar-refractivity contribution in [2.45, 2.75) is 45.6 Å². The summed E-state index contributed by atoms with van der Waals surface area (Å²) in [5.41, 5.74) is 2.64. The predicted octanol–water partition coefficient (Wildman–Crippen LogP) is 3.68. The maximum absolute atomic E-state index is 12.9. The van der Waals surface area contributed by atoms with Gasteiger partial charge in [-0.3, -0.25) is 9.59 Å². The molecule has 0 aliphatic carbocycles. The number of nitrogens with zero attached hydrogens (tertiary/aromatic N) is 3. The van der Waals surface area contributed by atoms with Crippen molar-refractivity contribution in [1.82, 2.24) is 19.9 Å². The van der Waals surface area contributed by atoms with Gasteiger partial charge in [-0.1, -0.05) is 6.07 Å². The van der Waals surface area contributed by atoms with Crippen LogP contribution in [0.4, 0.5) is 0 Å².